The minimum atomic E-state index is -0.166. The lowest BCUT2D eigenvalue weighted by molar-refractivity contribution is 0.0946. The van der Waals surface area contributed by atoms with Crippen molar-refractivity contribution in [2.24, 2.45) is 0 Å². The maximum atomic E-state index is 12.8. The highest BCUT2D eigenvalue weighted by molar-refractivity contribution is 7.99. The molecule has 0 saturated carbocycles. The third-order valence-electron chi connectivity index (χ3n) is 4.41. The van der Waals surface area contributed by atoms with Gasteiger partial charge in [-0.15, -0.1) is 0 Å². The largest absolute Gasteiger partial charge is 0.345 e. The molecule has 0 saturated heterocycles. The molecule has 5 nitrogen and oxygen atoms in total. The highest BCUT2D eigenvalue weighted by atomic mass is 32.2. The summed E-state index contributed by atoms with van der Waals surface area (Å²) in [5.74, 6) is 0.558. The van der Waals surface area contributed by atoms with Crippen molar-refractivity contribution < 1.29 is 4.79 Å². The van der Waals surface area contributed by atoms with E-state index in [1.807, 2.05) is 24.3 Å². The Bertz CT molecular complexity index is 1120. The van der Waals surface area contributed by atoms with Gasteiger partial charge in [0.1, 0.15) is 10.9 Å². The predicted octanol–water partition coefficient (Wildman–Crippen LogP) is 4.66. The Hall–Kier alpha value is -3.12. The minimum Gasteiger partial charge on any atom is -0.345 e. The first kappa shape index (κ1) is 18.3. The first-order valence-corrected chi connectivity index (χ1v) is 9.84. The second kappa shape index (κ2) is 7.86. The van der Waals surface area contributed by atoms with Gasteiger partial charge in [-0.3, -0.25) is 4.79 Å². The van der Waals surface area contributed by atoms with Crippen LogP contribution in [0.1, 0.15) is 27.3 Å². The fourth-order valence-electron chi connectivity index (χ4n) is 3.01. The molecule has 2 heterocycles. The van der Waals surface area contributed by atoms with Crippen LogP contribution in [0.4, 0.5) is 0 Å². The number of hydrogen-bond donors (Lipinski definition) is 2. The number of fused-ring (bicyclic) bond motifs is 1. The van der Waals surface area contributed by atoms with Gasteiger partial charge in [-0.1, -0.05) is 41.6 Å². The fourth-order valence-corrected chi connectivity index (χ4v) is 3.96. The Morgan fingerprint density at radius 1 is 1.11 bits per heavy atom. The number of imidazole rings is 1. The zero-order valence-corrected chi connectivity index (χ0v) is 16.5. The lowest BCUT2D eigenvalue weighted by Crippen LogP contribution is -2.24. The molecule has 1 amide bonds. The zero-order chi connectivity index (χ0) is 19.5. The summed E-state index contributed by atoms with van der Waals surface area (Å²) < 4.78 is 0. The van der Waals surface area contributed by atoms with E-state index in [1.54, 1.807) is 18.3 Å². The van der Waals surface area contributed by atoms with Crippen LogP contribution in [0.3, 0.4) is 0 Å². The van der Waals surface area contributed by atoms with Gasteiger partial charge in [0.15, 0.2) is 0 Å². The minimum absolute atomic E-state index is 0.166. The number of carbonyl (C=O) groups is 1. The molecule has 0 spiro atoms. The summed E-state index contributed by atoms with van der Waals surface area (Å²) in [5.41, 5.74) is 4.79. The monoisotopic (exact) mass is 388 g/mol. The Morgan fingerprint density at radius 3 is 2.79 bits per heavy atom. The van der Waals surface area contributed by atoms with Crippen molar-refractivity contribution in [1.29, 1.82) is 0 Å². The second-order valence-electron chi connectivity index (χ2n) is 6.61. The number of nitrogens with one attached hydrogen (secondary N) is 2. The van der Waals surface area contributed by atoms with Crippen molar-refractivity contribution in [2.45, 2.75) is 30.3 Å². The molecule has 2 aromatic heterocycles. The van der Waals surface area contributed by atoms with Gasteiger partial charge >= 0.3 is 0 Å². The molecular formula is C22H20N4OS. The molecule has 28 heavy (non-hydrogen) atoms. The number of aromatic amines is 1. The predicted molar refractivity (Wildman–Crippen MR) is 112 cm³/mol. The second-order valence-corrected chi connectivity index (χ2v) is 7.64. The third kappa shape index (κ3) is 3.92. The zero-order valence-electron chi connectivity index (χ0n) is 15.7. The van der Waals surface area contributed by atoms with Crippen LogP contribution in [0.5, 0.6) is 0 Å². The molecule has 140 valence electrons. The summed E-state index contributed by atoms with van der Waals surface area (Å²) in [6.07, 6.45) is 1.71. The van der Waals surface area contributed by atoms with Gasteiger partial charge in [-0.2, -0.15) is 0 Å². The van der Waals surface area contributed by atoms with Gasteiger partial charge in [-0.05, 0) is 49.7 Å². The van der Waals surface area contributed by atoms with Gasteiger partial charge in [-0.25, -0.2) is 9.97 Å². The normalized spacial score (nSPS) is 10.9. The molecule has 0 aliphatic carbocycles. The van der Waals surface area contributed by atoms with Crippen molar-refractivity contribution in [3.8, 4) is 0 Å². The molecule has 4 rings (SSSR count). The fraction of sp³-hybridized carbons (Fsp3) is 0.136. The van der Waals surface area contributed by atoms with Gasteiger partial charge in [0.25, 0.3) is 5.91 Å². The number of para-hydroxylation sites is 2. The van der Waals surface area contributed by atoms with Crippen LogP contribution in [0, 0.1) is 13.8 Å². The smallest absolute Gasteiger partial charge is 0.254 e. The Kier molecular flexibility index (Phi) is 5.12. The van der Waals surface area contributed by atoms with Crippen molar-refractivity contribution in [3.63, 3.8) is 0 Å². The summed E-state index contributed by atoms with van der Waals surface area (Å²) >= 11 is 1.51. The quantitative estimate of drug-likeness (QED) is 0.522. The van der Waals surface area contributed by atoms with Crippen molar-refractivity contribution in [3.05, 3.63) is 83.3 Å². The molecule has 0 aliphatic heterocycles. The Balaban J connectivity index is 1.51. The number of hydrogen-bond acceptors (Lipinski definition) is 4. The standard InChI is InChI=1S/C22H20N4OS/c1-14-9-10-19(15(2)12-14)28-22-16(6-5-11-23-22)21(27)24-13-20-25-17-7-3-4-8-18(17)26-20/h3-12H,13H2,1-2H3,(H,24,27)(H,25,26). The third-order valence-corrected chi connectivity index (χ3v) is 5.60. The molecule has 2 aromatic carbocycles. The maximum Gasteiger partial charge on any atom is 0.254 e. The number of aryl methyl sites for hydroxylation is 2. The number of carbonyl (C=O) groups excluding carboxylic acids is 1. The van der Waals surface area contributed by atoms with Crippen molar-refractivity contribution >= 4 is 28.7 Å². The molecule has 0 aliphatic rings. The summed E-state index contributed by atoms with van der Waals surface area (Å²) in [7, 11) is 0. The highest BCUT2D eigenvalue weighted by Gasteiger charge is 2.15. The van der Waals surface area contributed by atoms with E-state index in [0.717, 1.165) is 21.8 Å². The van der Waals surface area contributed by atoms with E-state index in [2.05, 4.69) is 52.3 Å². The Morgan fingerprint density at radius 2 is 1.96 bits per heavy atom. The molecule has 0 unspecified atom stereocenters. The van der Waals surface area contributed by atoms with Crippen LogP contribution in [0.15, 0.2) is 70.7 Å². The summed E-state index contributed by atoms with van der Waals surface area (Å²) in [6, 6.07) is 17.7. The van der Waals surface area contributed by atoms with Gasteiger partial charge < -0.3 is 10.3 Å². The van der Waals surface area contributed by atoms with E-state index >= 15 is 0 Å². The molecular weight excluding hydrogens is 368 g/mol. The molecule has 0 radical (unpaired) electrons. The van der Waals surface area contributed by atoms with E-state index in [-0.39, 0.29) is 5.91 Å². The lowest BCUT2D eigenvalue weighted by Gasteiger charge is -2.10. The van der Waals surface area contributed by atoms with Crippen LogP contribution in [-0.2, 0) is 6.54 Å². The van der Waals surface area contributed by atoms with Crippen molar-refractivity contribution in [2.75, 3.05) is 0 Å². The number of amides is 1. The van der Waals surface area contributed by atoms with Crippen LogP contribution in [0.25, 0.3) is 11.0 Å². The first-order chi connectivity index (χ1) is 13.6. The van der Waals surface area contributed by atoms with Gasteiger partial charge in [0, 0.05) is 11.1 Å². The average molecular weight is 388 g/mol. The number of pyridine rings is 1. The van der Waals surface area contributed by atoms with Crippen molar-refractivity contribution in [1.82, 2.24) is 20.3 Å². The maximum absolute atomic E-state index is 12.8. The number of nitrogens with zero attached hydrogens (tertiary/aromatic N) is 2. The number of aromatic nitrogens is 3. The van der Waals surface area contributed by atoms with Crippen LogP contribution in [0.2, 0.25) is 0 Å². The van der Waals surface area contributed by atoms with E-state index in [9.17, 15) is 4.79 Å². The number of H-pyrrole nitrogens is 1. The first-order valence-electron chi connectivity index (χ1n) is 9.02. The van der Waals surface area contributed by atoms with Crippen LogP contribution in [-0.4, -0.2) is 20.9 Å². The van der Waals surface area contributed by atoms with E-state index in [4.69, 9.17) is 0 Å². The topological polar surface area (TPSA) is 70.7 Å². The molecule has 0 fully saturated rings. The average Bonchev–Trinajstić information content (AvgIpc) is 3.12. The number of rotatable bonds is 5. The van der Waals surface area contributed by atoms with Gasteiger partial charge in [0.05, 0.1) is 23.1 Å². The summed E-state index contributed by atoms with van der Waals surface area (Å²) in [4.78, 5) is 26.0. The highest BCUT2D eigenvalue weighted by Crippen LogP contribution is 2.31. The molecule has 0 atom stereocenters. The lowest BCUT2D eigenvalue weighted by atomic mass is 10.2. The van der Waals surface area contributed by atoms with E-state index in [1.165, 1.54) is 22.9 Å². The molecule has 6 heteroatoms. The summed E-state index contributed by atoms with van der Waals surface area (Å²) in [6.45, 7) is 4.47. The molecule has 2 N–H and O–H groups in total. The molecule has 4 aromatic rings. The van der Waals surface area contributed by atoms with E-state index in [0.29, 0.717) is 17.1 Å². The van der Waals surface area contributed by atoms with Crippen LogP contribution < -0.4 is 5.32 Å². The number of benzene rings is 2. The van der Waals surface area contributed by atoms with E-state index < -0.39 is 0 Å². The summed E-state index contributed by atoms with van der Waals surface area (Å²) in [5, 5.41) is 3.63. The SMILES string of the molecule is Cc1ccc(Sc2ncccc2C(=O)NCc2nc3ccccc3[nH]2)c(C)c1. The molecule has 0 bridgehead atoms. The van der Waals surface area contributed by atoms with Crippen LogP contribution >= 0.6 is 11.8 Å². The Labute approximate surface area is 167 Å². The van der Waals surface area contributed by atoms with Gasteiger partial charge in [0.2, 0.25) is 0 Å².